The second-order valence-corrected chi connectivity index (χ2v) is 7.60. The summed E-state index contributed by atoms with van der Waals surface area (Å²) in [6, 6.07) is 11.7. The summed E-state index contributed by atoms with van der Waals surface area (Å²) in [6.07, 6.45) is 3.18. The van der Waals surface area contributed by atoms with Gasteiger partial charge in [-0.2, -0.15) is 0 Å². The Morgan fingerprint density at radius 3 is 2.63 bits per heavy atom. The van der Waals surface area contributed by atoms with E-state index in [9.17, 15) is 9.59 Å². The van der Waals surface area contributed by atoms with Gasteiger partial charge in [-0.25, -0.2) is 4.98 Å². The van der Waals surface area contributed by atoms with Crippen LogP contribution in [-0.4, -0.2) is 33.3 Å². The first-order valence-electron chi connectivity index (χ1n) is 8.95. The zero-order valence-corrected chi connectivity index (χ0v) is 16.1. The first-order chi connectivity index (χ1) is 13.0. The molecule has 0 aliphatic carbocycles. The van der Waals surface area contributed by atoms with E-state index < -0.39 is 5.24 Å². The Kier molecular flexibility index (Phi) is 6.34. The molecule has 1 aromatic carbocycles. The number of pyridine rings is 1. The molecular formula is C20H23N3O3S. The lowest BCUT2D eigenvalue weighted by Gasteiger charge is -2.16. The van der Waals surface area contributed by atoms with Gasteiger partial charge in [-0.3, -0.25) is 9.59 Å². The molecule has 2 aromatic rings. The molecule has 0 spiro atoms. The Balaban J connectivity index is 1.54. The number of hydrogen-bond donors (Lipinski definition) is 1. The maximum atomic E-state index is 12.1. The molecule has 1 aliphatic rings. The van der Waals surface area contributed by atoms with E-state index in [1.165, 1.54) is 5.56 Å². The molecule has 2 N–H and O–H groups in total. The number of primary amides is 1. The van der Waals surface area contributed by atoms with Crippen LogP contribution in [0.3, 0.4) is 0 Å². The van der Waals surface area contributed by atoms with Crippen molar-refractivity contribution in [3.05, 3.63) is 53.7 Å². The zero-order valence-electron chi connectivity index (χ0n) is 15.3. The molecule has 142 valence electrons. The zero-order chi connectivity index (χ0) is 19.2. The van der Waals surface area contributed by atoms with Crippen LogP contribution in [0.15, 0.2) is 42.6 Å². The fourth-order valence-electron chi connectivity index (χ4n) is 3.02. The van der Waals surface area contributed by atoms with E-state index in [1.807, 2.05) is 36.4 Å². The highest BCUT2D eigenvalue weighted by Crippen LogP contribution is 2.24. The number of nitrogens with zero attached hydrogens (tertiary/aromatic N) is 2. The summed E-state index contributed by atoms with van der Waals surface area (Å²) >= 11 is 1.08. The smallest absolute Gasteiger partial charge is 0.276 e. The van der Waals surface area contributed by atoms with Crippen molar-refractivity contribution in [1.82, 2.24) is 9.88 Å². The summed E-state index contributed by atoms with van der Waals surface area (Å²) in [6.45, 7) is 3.26. The number of rotatable bonds is 7. The summed E-state index contributed by atoms with van der Waals surface area (Å²) in [4.78, 5) is 29.2. The minimum atomic E-state index is -0.398. The Morgan fingerprint density at radius 1 is 1.26 bits per heavy atom. The van der Waals surface area contributed by atoms with Gasteiger partial charge in [0.15, 0.2) is 0 Å². The van der Waals surface area contributed by atoms with E-state index in [2.05, 4.69) is 11.9 Å². The fourth-order valence-corrected chi connectivity index (χ4v) is 3.64. The normalized spacial score (nSPS) is 16.6. The summed E-state index contributed by atoms with van der Waals surface area (Å²) in [5.74, 6) is 2.11. The number of amides is 2. The molecule has 1 atom stereocenters. The molecule has 7 heteroatoms. The number of carbonyl (C=O) groups excluding carboxylic acids is 2. The van der Waals surface area contributed by atoms with Gasteiger partial charge in [0.1, 0.15) is 5.75 Å². The third-order valence-electron chi connectivity index (χ3n) is 4.48. The topological polar surface area (TPSA) is 85.5 Å². The number of benzene rings is 1. The summed E-state index contributed by atoms with van der Waals surface area (Å²) in [7, 11) is 0. The number of likely N-dealkylation sites (tertiary alicyclic amines) is 1. The largest absolute Gasteiger partial charge is 0.439 e. The van der Waals surface area contributed by atoms with Crippen molar-refractivity contribution < 1.29 is 14.3 Å². The third kappa shape index (κ3) is 5.47. The lowest BCUT2D eigenvalue weighted by atomic mass is 10.1. The molecule has 0 radical (unpaired) electrons. The van der Waals surface area contributed by atoms with Crippen LogP contribution in [0.1, 0.15) is 24.5 Å². The predicted octanol–water partition coefficient (Wildman–Crippen LogP) is 3.60. The van der Waals surface area contributed by atoms with Crippen LogP contribution in [0.25, 0.3) is 0 Å². The summed E-state index contributed by atoms with van der Waals surface area (Å²) in [5, 5.41) is -0.398. The van der Waals surface area contributed by atoms with Gasteiger partial charge < -0.3 is 15.4 Å². The maximum absolute atomic E-state index is 12.1. The molecule has 1 saturated heterocycles. The predicted molar refractivity (Wildman–Crippen MR) is 106 cm³/mol. The number of carbonyl (C=O) groups is 2. The van der Waals surface area contributed by atoms with Crippen molar-refractivity contribution in [3.8, 4) is 11.6 Å². The molecule has 27 heavy (non-hydrogen) atoms. The van der Waals surface area contributed by atoms with Crippen molar-refractivity contribution in [2.75, 3.05) is 12.3 Å². The van der Waals surface area contributed by atoms with Crippen LogP contribution in [0.2, 0.25) is 0 Å². The van der Waals surface area contributed by atoms with E-state index in [1.54, 1.807) is 11.1 Å². The van der Waals surface area contributed by atoms with Crippen LogP contribution in [0.5, 0.6) is 11.6 Å². The molecular weight excluding hydrogens is 362 g/mol. The molecule has 0 saturated carbocycles. The number of hydrogen-bond acceptors (Lipinski definition) is 5. The quantitative estimate of drug-likeness (QED) is 0.787. The minimum Gasteiger partial charge on any atom is -0.439 e. The van der Waals surface area contributed by atoms with E-state index in [0.717, 1.165) is 29.5 Å². The van der Waals surface area contributed by atoms with Crippen molar-refractivity contribution in [2.24, 2.45) is 11.7 Å². The van der Waals surface area contributed by atoms with Crippen LogP contribution in [0.4, 0.5) is 4.79 Å². The van der Waals surface area contributed by atoms with E-state index in [-0.39, 0.29) is 11.8 Å². The highest BCUT2D eigenvalue weighted by Gasteiger charge is 2.29. The molecule has 1 aromatic heterocycles. The van der Waals surface area contributed by atoms with Crippen LogP contribution in [0, 0.1) is 5.92 Å². The SMILES string of the molecule is CCc1ccc(Oc2ccc(CN3C[C@H](CSC(N)=O)CC3=O)cn2)cc1. The van der Waals surface area contributed by atoms with Gasteiger partial charge >= 0.3 is 0 Å². The average molecular weight is 385 g/mol. The van der Waals surface area contributed by atoms with Crippen molar-refractivity contribution in [1.29, 1.82) is 0 Å². The fraction of sp³-hybridized carbons (Fsp3) is 0.350. The lowest BCUT2D eigenvalue weighted by molar-refractivity contribution is -0.128. The van der Waals surface area contributed by atoms with Gasteiger partial charge in [0.25, 0.3) is 5.24 Å². The number of nitrogens with two attached hydrogens (primary N) is 1. The number of aromatic nitrogens is 1. The molecule has 6 nitrogen and oxygen atoms in total. The van der Waals surface area contributed by atoms with Gasteiger partial charge in [-0.15, -0.1) is 0 Å². The Labute approximate surface area is 163 Å². The maximum Gasteiger partial charge on any atom is 0.276 e. The lowest BCUT2D eigenvalue weighted by Crippen LogP contribution is -2.25. The number of ether oxygens (including phenoxy) is 1. The summed E-state index contributed by atoms with van der Waals surface area (Å²) < 4.78 is 5.76. The second-order valence-electron chi connectivity index (χ2n) is 6.58. The standard InChI is InChI=1S/C20H23N3O3S/c1-2-14-3-6-17(7-4-14)26-18-8-5-15(10-22-18)11-23-12-16(9-19(23)24)13-27-20(21)25/h3-8,10,16H,2,9,11-13H2,1H3,(H2,21,25)/t16-/m1/s1. The molecule has 0 unspecified atom stereocenters. The third-order valence-corrected chi connectivity index (χ3v) is 5.40. The average Bonchev–Trinajstić information content (AvgIpc) is 3.02. The molecule has 2 amide bonds. The Hall–Kier alpha value is -2.54. The molecule has 1 fully saturated rings. The van der Waals surface area contributed by atoms with Gasteiger partial charge in [-0.1, -0.05) is 36.9 Å². The molecule has 3 rings (SSSR count). The van der Waals surface area contributed by atoms with Gasteiger partial charge in [0.2, 0.25) is 11.8 Å². The number of aryl methyl sites for hydroxylation is 1. The summed E-state index contributed by atoms with van der Waals surface area (Å²) in [5.41, 5.74) is 7.36. The van der Waals surface area contributed by atoms with Crippen LogP contribution < -0.4 is 10.5 Å². The first-order valence-corrected chi connectivity index (χ1v) is 9.93. The van der Waals surface area contributed by atoms with E-state index >= 15 is 0 Å². The van der Waals surface area contributed by atoms with Gasteiger partial charge in [0, 0.05) is 37.5 Å². The minimum absolute atomic E-state index is 0.0985. The van der Waals surface area contributed by atoms with Gasteiger partial charge in [0.05, 0.1) is 0 Å². The molecule has 0 bridgehead atoms. The first kappa shape index (κ1) is 19.2. The van der Waals surface area contributed by atoms with E-state index in [4.69, 9.17) is 10.5 Å². The molecule has 2 heterocycles. The molecule has 1 aliphatic heterocycles. The van der Waals surface area contributed by atoms with Crippen molar-refractivity contribution >= 4 is 22.9 Å². The van der Waals surface area contributed by atoms with Crippen LogP contribution >= 0.6 is 11.8 Å². The Bertz CT molecular complexity index is 793. The van der Waals surface area contributed by atoms with Gasteiger partial charge in [-0.05, 0) is 35.6 Å². The van der Waals surface area contributed by atoms with Crippen LogP contribution in [-0.2, 0) is 17.8 Å². The number of thioether (sulfide) groups is 1. The van der Waals surface area contributed by atoms with E-state index in [0.29, 0.717) is 31.1 Å². The van der Waals surface area contributed by atoms with Crippen molar-refractivity contribution in [3.63, 3.8) is 0 Å². The monoisotopic (exact) mass is 385 g/mol. The Morgan fingerprint density at radius 2 is 2.00 bits per heavy atom. The highest BCUT2D eigenvalue weighted by atomic mass is 32.2. The van der Waals surface area contributed by atoms with Crippen molar-refractivity contribution in [2.45, 2.75) is 26.3 Å². The highest BCUT2D eigenvalue weighted by molar-refractivity contribution is 8.13. The second kappa shape index (κ2) is 8.90.